The molecule has 23 N–H and O–H groups in total. The van der Waals surface area contributed by atoms with Crippen LogP contribution in [0.15, 0.2) is 29.4 Å². The van der Waals surface area contributed by atoms with Crippen molar-refractivity contribution in [1.29, 1.82) is 0 Å². The molecule has 0 saturated carbocycles. The number of halogens is 3. The average molecular weight is 1850 g/mol. The fourth-order valence-electron chi connectivity index (χ4n) is 18.0. The number of ether oxygens (including phenoxy) is 10. The maximum absolute atomic E-state index is 13.3. The van der Waals surface area contributed by atoms with E-state index in [2.05, 4.69) is 58.6 Å². The monoisotopic (exact) mass is 1840 g/mol. The Morgan fingerprint density at radius 2 is 0.793 bits per heavy atom. The van der Waals surface area contributed by atoms with E-state index in [4.69, 9.17) is 87.7 Å². The highest BCUT2D eigenvalue weighted by molar-refractivity contribution is 7.99. The number of carbonyl (C=O) groups excluding carboxylic acids is 4. The zero-order valence-corrected chi connectivity index (χ0v) is 73.2. The second-order valence-corrected chi connectivity index (χ2v) is 38.3. The van der Waals surface area contributed by atoms with Gasteiger partial charge in [-0.25, -0.2) is 0 Å². The summed E-state index contributed by atoms with van der Waals surface area (Å²) in [6, 6.07) is -6.04. The number of nitrogens with one attached hydrogen (secondary N) is 8. The molecular formula is C75H124Cl3N11O29S3. The number of aliphatic hydroxyl groups is 15. The van der Waals surface area contributed by atoms with Crippen LogP contribution >= 0.6 is 70.1 Å². The number of amides is 4. The summed E-state index contributed by atoms with van der Waals surface area (Å²) in [7, 11) is 0. The lowest BCUT2D eigenvalue weighted by Crippen LogP contribution is -2.67. The van der Waals surface area contributed by atoms with Crippen molar-refractivity contribution in [2.45, 2.75) is 312 Å². The first-order valence-corrected chi connectivity index (χ1v) is 46.2. The maximum Gasteiger partial charge on any atom is 0.240 e. The lowest BCUT2D eigenvalue weighted by atomic mass is 9.89. The van der Waals surface area contributed by atoms with Crippen LogP contribution < -0.4 is 42.5 Å². The largest absolute Gasteiger partial charge is 0.391 e. The summed E-state index contributed by atoms with van der Waals surface area (Å²) in [4.78, 5) is 54.9. The summed E-state index contributed by atoms with van der Waals surface area (Å²) in [5.74, 6) is -1.83. The molecule has 11 saturated heterocycles. The van der Waals surface area contributed by atoms with Crippen LogP contribution in [-0.2, 0) is 66.5 Å². The number of alkyl halides is 3. The molecule has 13 aliphatic rings. The van der Waals surface area contributed by atoms with Crippen molar-refractivity contribution in [2.75, 3.05) is 77.9 Å². The molecule has 13 rings (SSSR count). The van der Waals surface area contributed by atoms with Crippen molar-refractivity contribution < 1.29 is 143 Å². The van der Waals surface area contributed by atoms with Gasteiger partial charge in [0.25, 0.3) is 0 Å². The van der Waals surface area contributed by atoms with Crippen molar-refractivity contribution in [3.63, 3.8) is 0 Å². The molecule has 4 amide bonds. The Bertz CT molecular complexity index is 3440. The Labute approximate surface area is 729 Å². The highest BCUT2D eigenvalue weighted by atomic mass is 35.5. The Kier molecular flexibility index (Phi) is 37.7. The smallest absolute Gasteiger partial charge is 0.240 e. The number of allylic oxidation sites excluding steroid dienone is 2. The van der Waals surface area contributed by atoms with Gasteiger partial charge in [-0.15, -0.1) is 70.1 Å². The van der Waals surface area contributed by atoms with E-state index >= 15 is 0 Å². The molecule has 0 aromatic heterocycles. The molecule has 121 heavy (non-hydrogen) atoms. The van der Waals surface area contributed by atoms with E-state index in [0.29, 0.717) is 52.4 Å². The lowest BCUT2D eigenvalue weighted by molar-refractivity contribution is -0.230. The summed E-state index contributed by atoms with van der Waals surface area (Å²) in [6.45, 7) is 13.3. The molecule has 0 spiro atoms. The average Bonchev–Trinajstić information content (AvgIpc) is 1.73. The number of aliphatic hydroxyl groups excluding tert-OH is 15. The molecule has 0 aliphatic carbocycles. The van der Waals surface area contributed by atoms with Crippen molar-refractivity contribution in [3.05, 3.63) is 34.7 Å². The minimum absolute atomic E-state index is 0.0763. The summed E-state index contributed by atoms with van der Waals surface area (Å²) >= 11 is 22.6. The fraction of sp³-hybridized carbons (Fsp3) is 0.893. The van der Waals surface area contributed by atoms with Crippen molar-refractivity contribution in [3.8, 4) is 0 Å². The van der Waals surface area contributed by atoms with E-state index < -0.39 is 227 Å². The van der Waals surface area contributed by atoms with Crippen LogP contribution in [0.1, 0.15) is 67.2 Å². The first-order chi connectivity index (χ1) is 57.4. The van der Waals surface area contributed by atoms with Crippen LogP contribution in [0.5, 0.6) is 0 Å². The number of azide groups is 1. The topological polar surface area (TPSA) is 609 Å². The van der Waals surface area contributed by atoms with Gasteiger partial charge >= 0.3 is 0 Å². The van der Waals surface area contributed by atoms with Gasteiger partial charge in [0, 0.05) is 54.8 Å². The van der Waals surface area contributed by atoms with E-state index in [0.717, 1.165) is 19.3 Å². The molecule has 0 bridgehead atoms. The first-order valence-electron chi connectivity index (χ1n) is 41.0. The Balaban J connectivity index is 0.000000170. The van der Waals surface area contributed by atoms with Crippen LogP contribution in [0.25, 0.3) is 10.4 Å². The number of nitrogens with zero attached hydrogens (tertiary/aromatic N) is 3. The molecule has 44 atom stereocenters. The van der Waals surface area contributed by atoms with Crippen molar-refractivity contribution >= 4 is 93.7 Å². The van der Waals surface area contributed by atoms with Crippen molar-refractivity contribution in [2.24, 2.45) is 28.8 Å². The number of fused-ring (bicyclic) bond motifs is 5. The second kappa shape index (κ2) is 45.3. The molecule has 13 heterocycles. The van der Waals surface area contributed by atoms with Crippen LogP contribution in [0.4, 0.5) is 0 Å². The molecule has 0 aromatic rings. The van der Waals surface area contributed by atoms with E-state index in [1.165, 1.54) is 42.2 Å². The summed E-state index contributed by atoms with van der Waals surface area (Å²) in [6.07, 6.45) is -11.3. The number of carbonyl (C=O) groups is 4. The summed E-state index contributed by atoms with van der Waals surface area (Å²) in [5.41, 5.74) is 6.23. The third kappa shape index (κ3) is 24.0. The van der Waals surface area contributed by atoms with E-state index in [1.54, 1.807) is 39.5 Å². The quantitative estimate of drug-likeness (QED) is 0.0167. The van der Waals surface area contributed by atoms with Gasteiger partial charge in [-0.05, 0) is 91.5 Å². The molecule has 13 aliphatic heterocycles. The van der Waals surface area contributed by atoms with Crippen LogP contribution in [0, 0.1) is 23.7 Å². The van der Waals surface area contributed by atoms with E-state index in [1.807, 2.05) is 32.1 Å². The predicted octanol–water partition coefficient (Wildman–Crippen LogP) is -6.32. The van der Waals surface area contributed by atoms with Crippen molar-refractivity contribution in [1.82, 2.24) is 42.5 Å². The van der Waals surface area contributed by atoms with Gasteiger partial charge in [-0.3, -0.25) is 19.2 Å². The number of thioether (sulfide) groups is 3. The van der Waals surface area contributed by atoms with Gasteiger partial charge < -0.3 is 167 Å². The molecule has 46 heteroatoms. The zero-order chi connectivity index (χ0) is 88.5. The Morgan fingerprint density at radius 3 is 1.17 bits per heavy atom. The number of hydrogen-bond donors (Lipinski definition) is 23. The van der Waals surface area contributed by atoms with Gasteiger partial charge in [-0.2, -0.15) is 0 Å². The number of hydrogen-bond acceptors (Lipinski definition) is 37. The van der Waals surface area contributed by atoms with Gasteiger partial charge in [0.2, 0.25) is 23.6 Å². The molecule has 692 valence electrons. The number of rotatable bonds is 21. The second-order valence-electron chi connectivity index (χ2n) is 33.5. The summed E-state index contributed by atoms with van der Waals surface area (Å²) < 4.78 is 58.4. The standard InChI is InChI=1S/C21H35ClN2O8S.C18H31ClN2O8S.C18H29ClN2O6S.C18H29N5O7/c1-8(22)12(18-15(26)14(25)16(27)20(30-18)33-4)24-19(28)13-17-9(6-23-13)5-10-11(7-29-17)32-21(2,3)31-10;1-6(19)10(16-13(25)12(24)14(26)18(29-16)30-2)21-17(27)11-15-7(4-20-11)3-8(22)9(23)5-28-15;1-8(19)10(16-13(23)12(22)14(24)18(27-16)28-2)21-17(25)11-15-9(7-20-11)5-3-4-6-26-15;1-8(24)11(17-15(27)14(26)13(25)10(30-17)7-21-23-19)22-18(28)12-16-9(6-20-12)4-2-3-5-29-16/h8-18,20,23,25-27H,5-7H2,1-4H3,(H,24,28);6-16,18,20,22-26H,3-5H2,1-2H3,(H,21,27);3-4,8-16,18,20,22-24H,5-7H2,1-2H3,(H,21,25);2-3,8-17,20,24-27H,4-7H2,1H3,(H,22,28)/t8-,9-,10+,11-,12+,13-,14+,15?,16+,17+,18+,20?;6-,7-,8+,9-,10+,11-,12+,13?,14+,15+,16+,18?;8-,9-,10+,11-,12+,13?,14+,15-,16+,18?;8-,9+,10?,11-,12+,13+,14+,15?,16-,17-/m0001/s1. The van der Waals surface area contributed by atoms with Crippen LogP contribution in [0.2, 0.25) is 0 Å². The third-order valence-electron chi connectivity index (χ3n) is 24.7. The van der Waals surface area contributed by atoms with E-state index in [-0.39, 0.29) is 79.2 Å². The zero-order valence-electron chi connectivity index (χ0n) is 68.5. The Hall–Kier alpha value is -2.57. The molecule has 8 unspecified atom stereocenters. The third-order valence-corrected chi connectivity index (χ3v) is 28.0. The molecule has 0 radical (unpaired) electrons. The van der Waals surface area contributed by atoms with E-state index in [9.17, 15) is 95.8 Å². The lowest BCUT2D eigenvalue weighted by Gasteiger charge is -2.44. The minimum atomic E-state index is -1.61. The first kappa shape index (κ1) is 101. The molecule has 40 nitrogen and oxygen atoms in total. The molecular weight excluding hydrogens is 1720 g/mol. The highest BCUT2D eigenvalue weighted by Gasteiger charge is 2.57. The van der Waals surface area contributed by atoms with Gasteiger partial charge in [0.05, 0.1) is 122 Å². The molecule has 0 aromatic carbocycles. The maximum atomic E-state index is 13.3. The van der Waals surface area contributed by atoms with Gasteiger partial charge in [0.15, 0.2) is 5.79 Å². The highest BCUT2D eigenvalue weighted by Crippen LogP contribution is 2.41. The fourth-order valence-corrected chi connectivity index (χ4v) is 20.6. The minimum Gasteiger partial charge on any atom is -0.391 e. The SMILES string of the molecule is CSC1O[C@H]([C@H](NC(=O)[C@H]2NC[C@@H]3CC=CCO[C@@H]32)[C@H](C)Cl)C(O)[C@@H](O)[C@H]1O.CSC1O[C@H]([C@H](NC(=O)[C@H]2NC[C@@H]3C[C@@H](O)[C@@H](O)CO[C@H]32)[C@H](C)Cl)C(O)[C@@H](O)[C@H]1O.CSC1O[C@H]([C@H](NC(=O)[C@H]2NC[C@@H]3C[C@H]4OC(C)(C)O[C@H]4CO[C@H]32)[C@H](C)Cl)C(O)[C@@H](O)[C@H]1O.C[C@@H](O)[C@@H](NC(=O)[C@H]1NC[C@@H]2CC=CCO[C@H]21)[C@H]1OC(CN=[N+]=[N-])[C@H](O)[C@H](O)C1O. The van der Waals surface area contributed by atoms with Gasteiger partial charge in [0.1, 0.15) is 150 Å². The normalized spacial score (nSPS) is 44.3. The Morgan fingerprint density at radius 1 is 0.455 bits per heavy atom. The summed E-state index contributed by atoms with van der Waals surface area (Å²) in [5, 5.41) is 179. The van der Waals surface area contributed by atoms with Crippen LogP contribution in [-0.4, -0.2) is 423 Å². The molecule has 11 fully saturated rings. The van der Waals surface area contributed by atoms with Gasteiger partial charge in [-0.1, -0.05) is 29.4 Å². The predicted molar refractivity (Wildman–Crippen MR) is 439 cm³/mol. The van der Waals surface area contributed by atoms with Crippen LogP contribution in [0.3, 0.4) is 0 Å².